The van der Waals surface area contributed by atoms with Crippen molar-refractivity contribution in [1.29, 1.82) is 0 Å². The normalized spacial score (nSPS) is 11.6. The van der Waals surface area contributed by atoms with Crippen LogP contribution in [0.25, 0.3) is 0 Å². The number of carbonyl (C=O) groups is 1. The van der Waals surface area contributed by atoms with Crippen molar-refractivity contribution < 1.29 is 9.32 Å². The molecule has 0 aromatic carbocycles. The summed E-state index contributed by atoms with van der Waals surface area (Å²) in [4.78, 5) is 15.9. The summed E-state index contributed by atoms with van der Waals surface area (Å²) < 4.78 is 5.11. The maximum atomic E-state index is 11.7. The van der Waals surface area contributed by atoms with Crippen molar-refractivity contribution in [3.05, 3.63) is 11.7 Å². The van der Waals surface area contributed by atoms with Gasteiger partial charge in [0, 0.05) is 31.3 Å². The van der Waals surface area contributed by atoms with Crippen molar-refractivity contribution in [3.63, 3.8) is 0 Å². The molecule has 0 aliphatic carbocycles. The smallest absolute Gasteiger partial charge is 0.226 e. The lowest BCUT2D eigenvalue weighted by atomic mass is 10.1. The lowest BCUT2D eigenvalue weighted by Gasteiger charge is -2.24. The molecule has 6 nitrogen and oxygen atoms in total. The van der Waals surface area contributed by atoms with Crippen molar-refractivity contribution in [2.45, 2.75) is 58.4 Å². The maximum absolute atomic E-state index is 11.7. The summed E-state index contributed by atoms with van der Waals surface area (Å²) >= 11 is 0. The minimum atomic E-state index is -0.351. The Hall–Kier alpha value is -1.43. The zero-order valence-electron chi connectivity index (χ0n) is 12.0. The Morgan fingerprint density at radius 2 is 2.16 bits per heavy atom. The molecule has 1 aromatic heterocycles. The van der Waals surface area contributed by atoms with Gasteiger partial charge in [-0.2, -0.15) is 4.98 Å². The average molecular weight is 268 g/mol. The topological polar surface area (TPSA) is 94.0 Å². The number of nitrogens with one attached hydrogen (secondary N) is 1. The lowest BCUT2D eigenvalue weighted by molar-refractivity contribution is -0.122. The molecular weight excluding hydrogens is 244 g/mol. The summed E-state index contributed by atoms with van der Waals surface area (Å²) in [6, 6.07) is 0. The first-order valence-corrected chi connectivity index (χ1v) is 6.79. The van der Waals surface area contributed by atoms with Gasteiger partial charge in [-0.05, 0) is 26.7 Å². The van der Waals surface area contributed by atoms with E-state index in [2.05, 4.69) is 22.4 Å². The molecule has 0 saturated carbocycles. The van der Waals surface area contributed by atoms with Crippen molar-refractivity contribution >= 4 is 5.91 Å². The third-order valence-electron chi connectivity index (χ3n) is 2.77. The average Bonchev–Trinajstić information content (AvgIpc) is 2.77. The molecule has 0 radical (unpaired) electrons. The van der Waals surface area contributed by atoms with Gasteiger partial charge in [-0.25, -0.2) is 0 Å². The molecule has 0 aliphatic rings. The summed E-state index contributed by atoms with van der Waals surface area (Å²) in [6.07, 6.45) is 3.59. The number of nitrogens with two attached hydrogens (primary N) is 1. The molecule has 0 spiro atoms. The number of aryl methyl sites for hydroxylation is 2. The Kier molecular flexibility index (Phi) is 5.95. The molecule has 19 heavy (non-hydrogen) atoms. The second kappa shape index (κ2) is 7.23. The first kappa shape index (κ1) is 15.6. The van der Waals surface area contributed by atoms with Crippen molar-refractivity contribution in [2.75, 3.05) is 6.54 Å². The van der Waals surface area contributed by atoms with Crippen molar-refractivity contribution in [3.8, 4) is 0 Å². The fourth-order valence-corrected chi connectivity index (χ4v) is 1.61. The van der Waals surface area contributed by atoms with Crippen LogP contribution in [0.3, 0.4) is 0 Å². The monoisotopic (exact) mass is 268 g/mol. The lowest BCUT2D eigenvalue weighted by Crippen LogP contribution is -2.48. The quantitative estimate of drug-likeness (QED) is 0.738. The summed E-state index contributed by atoms with van der Waals surface area (Å²) in [5.74, 6) is 1.35. The van der Waals surface area contributed by atoms with Gasteiger partial charge in [-0.1, -0.05) is 12.1 Å². The Morgan fingerprint density at radius 3 is 2.79 bits per heavy atom. The van der Waals surface area contributed by atoms with Crippen LogP contribution in [0.2, 0.25) is 0 Å². The van der Waals surface area contributed by atoms with E-state index in [1.807, 2.05) is 13.8 Å². The van der Waals surface area contributed by atoms with E-state index in [1.54, 1.807) is 0 Å². The van der Waals surface area contributed by atoms with E-state index in [0.717, 1.165) is 18.7 Å². The van der Waals surface area contributed by atoms with Gasteiger partial charge < -0.3 is 15.6 Å². The first-order valence-electron chi connectivity index (χ1n) is 6.79. The highest BCUT2D eigenvalue weighted by molar-refractivity contribution is 5.76. The Bertz CT molecular complexity index is 401. The third-order valence-corrected chi connectivity index (χ3v) is 2.77. The molecule has 0 atom stereocenters. The number of hydrogen-bond acceptors (Lipinski definition) is 5. The highest BCUT2D eigenvalue weighted by Gasteiger charge is 2.17. The number of amides is 1. The highest BCUT2D eigenvalue weighted by atomic mass is 16.5. The number of aromatic nitrogens is 2. The molecule has 0 bridgehead atoms. The number of carbonyl (C=O) groups excluding carboxylic acids is 1. The van der Waals surface area contributed by atoms with Gasteiger partial charge in [0.15, 0.2) is 5.82 Å². The van der Waals surface area contributed by atoms with Crippen molar-refractivity contribution in [1.82, 2.24) is 15.5 Å². The molecule has 1 rings (SSSR count). The van der Waals surface area contributed by atoms with Crippen LogP contribution in [0.5, 0.6) is 0 Å². The molecular formula is C13H24N4O2. The van der Waals surface area contributed by atoms with Gasteiger partial charge in [0.1, 0.15) is 0 Å². The molecule has 1 amide bonds. The zero-order chi connectivity index (χ0) is 14.3. The minimum Gasteiger partial charge on any atom is -0.350 e. The van der Waals surface area contributed by atoms with Gasteiger partial charge in [-0.15, -0.1) is 0 Å². The van der Waals surface area contributed by atoms with E-state index in [-0.39, 0.29) is 11.4 Å². The largest absolute Gasteiger partial charge is 0.350 e. The molecule has 3 N–H and O–H groups in total. The predicted molar refractivity (Wildman–Crippen MR) is 72.5 cm³/mol. The van der Waals surface area contributed by atoms with Crippen molar-refractivity contribution in [2.24, 2.45) is 5.73 Å². The van der Waals surface area contributed by atoms with Crippen LogP contribution in [0.4, 0.5) is 0 Å². The molecule has 0 fully saturated rings. The van der Waals surface area contributed by atoms with E-state index < -0.39 is 0 Å². The summed E-state index contributed by atoms with van der Waals surface area (Å²) in [5.41, 5.74) is 5.21. The SMILES string of the molecule is CCCc1noc(CCCC(=O)NC(C)(C)CN)n1. The molecule has 0 saturated heterocycles. The number of hydrogen-bond donors (Lipinski definition) is 2. The van der Waals surface area contributed by atoms with Gasteiger partial charge in [0.05, 0.1) is 0 Å². The van der Waals surface area contributed by atoms with E-state index in [0.29, 0.717) is 31.7 Å². The Balaban J connectivity index is 2.27. The van der Waals surface area contributed by atoms with Gasteiger partial charge in [-0.3, -0.25) is 4.79 Å². The minimum absolute atomic E-state index is 0.00347. The molecule has 6 heteroatoms. The highest BCUT2D eigenvalue weighted by Crippen LogP contribution is 2.06. The summed E-state index contributed by atoms with van der Waals surface area (Å²) in [5, 5.41) is 6.76. The maximum Gasteiger partial charge on any atom is 0.226 e. The van der Waals surface area contributed by atoms with E-state index >= 15 is 0 Å². The number of nitrogens with zero attached hydrogens (tertiary/aromatic N) is 2. The van der Waals surface area contributed by atoms with Crippen LogP contribution in [0, 0.1) is 0 Å². The zero-order valence-corrected chi connectivity index (χ0v) is 12.0. The molecule has 0 aliphatic heterocycles. The summed E-state index contributed by atoms with van der Waals surface area (Å²) in [7, 11) is 0. The fourth-order valence-electron chi connectivity index (χ4n) is 1.61. The Labute approximate surface area is 114 Å². The predicted octanol–water partition coefficient (Wildman–Crippen LogP) is 1.20. The third kappa shape index (κ3) is 5.83. The molecule has 1 heterocycles. The van der Waals surface area contributed by atoms with Crippen LogP contribution in [-0.4, -0.2) is 28.1 Å². The van der Waals surface area contributed by atoms with E-state index in [4.69, 9.17) is 10.3 Å². The van der Waals surface area contributed by atoms with Crippen LogP contribution >= 0.6 is 0 Å². The van der Waals surface area contributed by atoms with Crippen LogP contribution in [0.15, 0.2) is 4.52 Å². The second-order valence-electron chi connectivity index (χ2n) is 5.34. The standard InChI is InChI=1S/C13H24N4O2/c1-4-6-10-15-12(19-17-10)8-5-7-11(18)16-13(2,3)9-14/h4-9,14H2,1-3H3,(H,16,18). The van der Waals surface area contributed by atoms with E-state index in [9.17, 15) is 4.79 Å². The molecule has 0 unspecified atom stereocenters. The summed E-state index contributed by atoms with van der Waals surface area (Å²) in [6.45, 7) is 6.29. The van der Waals surface area contributed by atoms with Crippen LogP contribution in [0.1, 0.15) is 51.7 Å². The van der Waals surface area contributed by atoms with Gasteiger partial charge in [0.25, 0.3) is 0 Å². The fraction of sp³-hybridized carbons (Fsp3) is 0.769. The van der Waals surface area contributed by atoms with Crippen LogP contribution < -0.4 is 11.1 Å². The molecule has 1 aromatic rings. The number of rotatable bonds is 8. The Morgan fingerprint density at radius 1 is 1.42 bits per heavy atom. The molecule has 108 valence electrons. The van der Waals surface area contributed by atoms with Crippen LogP contribution in [-0.2, 0) is 17.6 Å². The first-order chi connectivity index (χ1) is 8.96. The van der Waals surface area contributed by atoms with E-state index in [1.165, 1.54) is 0 Å². The van der Waals surface area contributed by atoms with Gasteiger partial charge >= 0.3 is 0 Å². The van der Waals surface area contributed by atoms with Gasteiger partial charge in [0.2, 0.25) is 11.8 Å². The second-order valence-corrected chi connectivity index (χ2v) is 5.34.